The van der Waals surface area contributed by atoms with Crippen molar-refractivity contribution in [2.75, 3.05) is 39.7 Å². The van der Waals surface area contributed by atoms with E-state index in [-0.39, 0.29) is 17.7 Å². The number of rotatable bonds is 7. The molecule has 1 aromatic heterocycles. The summed E-state index contributed by atoms with van der Waals surface area (Å²) in [5.41, 5.74) is 1.85. The zero-order valence-electron chi connectivity index (χ0n) is 19.1. The highest BCUT2D eigenvalue weighted by Gasteiger charge is 2.31. The molecule has 1 atom stereocenters. The number of methoxy groups -OCH3 is 2. The number of H-pyrrole nitrogens is 1. The van der Waals surface area contributed by atoms with E-state index in [0.29, 0.717) is 35.7 Å². The molecular weight excluding hydrogens is 456 g/mol. The first kappa shape index (κ1) is 22.4. The lowest BCUT2D eigenvalue weighted by molar-refractivity contribution is -0.129. The molecule has 2 aromatic carbocycles. The van der Waals surface area contributed by atoms with Crippen LogP contribution in [-0.2, 0) is 4.79 Å². The van der Waals surface area contributed by atoms with Crippen LogP contribution in [0.2, 0.25) is 0 Å². The van der Waals surface area contributed by atoms with Crippen molar-refractivity contribution in [1.29, 1.82) is 0 Å². The predicted octanol–water partition coefficient (Wildman–Crippen LogP) is 3.72. The van der Waals surface area contributed by atoms with E-state index in [0.717, 1.165) is 42.0 Å². The molecule has 0 saturated carbocycles. The van der Waals surface area contributed by atoms with Gasteiger partial charge in [-0.25, -0.2) is 4.98 Å². The third-order valence-corrected chi connectivity index (χ3v) is 6.81. The van der Waals surface area contributed by atoms with Gasteiger partial charge in [0.2, 0.25) is 11.1 Å². The van der Waals surface area contributed by atoms with Crippen LogP contribution in [0.4, 0.5) is 0 Å². The summed E-state index contributed by atoms with van der Waals surface area (Å²) < 4.78 is 22.0. The normalized spacial score (nSPS) is 17.0. The van der Waals surface area contributed by atoms with Crippen LogP contribution in [0.3, 0.4) is 0 Å². The fourth-order valence-electron chi connectivity index (χ4n) is 4.31. The lowest BCUT2D eigenvalue weighted by Crippen LogP contribution is -2.32. The molecule has 0 bridgehead atoms. The molecule has 178 valence electrons. The van der Waals surface area contributed by atoms with Crippen molar-refractivity contribution >= 4 is 17.7 Å². The molecule has 2 aliphatic rings. The molecule has 0 radical (unpaired) electrons. The Morgan fingerprint density at radius 1 is 1.15 bits per heavy atom. The minimum atomic E-state index is 0.0372. The number of aromatic nitrogens is 3. The Hall–Kier alpha value is -3.40. The minimum Gasteiger partial charge on any atom is -0.497 e. The van der Waals surface area contributed by atoms with E-state index in [9.17, 15) is 4.79 Å². The summed E-state index contributed by atoms with van der Waals surface area (Å²) in [6, 6.07) is 11.5. The first-order chi connectivity index (χ1) is 16.7. The maximum absolute atomic E-state index is 13.1. The number of thioether (sulfide) groups is 1. The predicted molar refractivity (Wildman–Crippen MR) is 127 cm³/mol. The zero-order chi connectivity index (χ0) is 23.5. The summed E-state index contributed by atoms with van der Waals surface area (Å²) in [5, 5.41) is 7.72. The van der Waals surface area contributed by atoms with Crippen molar-refractivity contribution in [2.24, 2.45) is 0 Å². The van der Waals surface area contributed by atoms with Crippen molar-refractivity contribution in [2.45, 2.75) is 24.0 Å². The highest BCUT2D eigenvalue weighted by Crippen LogP contribution is 2.38. The quantitative estimate of drug-likeness (QED) is 0.509. The van der Waals surface area contributed by atoms with Crippen LogP contribution in [0.1, 0.15) is 24.4 Å². The number of amides is 1. The Morgan fingerprint density at radius 3 is 2.82 bits per heavy atom. The van der Waals surface area contributed by atoms with Crippen LogP contribution in [0.25, 0.3) is 11.4 Å². The maximum Gasteiger partial charge on any atom is 0.233 e. The van der Waals surface area contributed by atoms with Gasteiger partial charge in [0, 0.05) is 12.6 Å². The van der Waals surface area contributed by atoms with Crippen LogP contribution in [0.15, 0.2) is 41.6 Å². The molecule has 3 heterocycles. The van der Waals surface area contributed by atoms with Gasteiger partial charge in [-0.3, -0.25) is 9.89 Å². The molecule has 9 nitrogen and oxygen atoms in total. The Morgan fingerprint density at radius 2 is 2.00 bits per heavy atom. The van der Waals surface area contributed by atoms with Gasteiger partial charge in [-0.15, -0.1) is 5.10 Å². The Bertz CT molecular complexity index is 1180. The Labute approximate surface area is 201 Å². The highest BCUT2D eigenvalue weighted by atomic mass is 32.2. The summed E-state index contributed by atoms with van der Waals surface area (Å²) >= 11 is 1.32. The number of likely N-dealkylation sites (tertiary alicyclic amines) is 1. The Balaban J connectivity index is 1.25. The van der Waals surface area contributed by atoms with Gasteiger partial charge < -0.3 is 23.8 Å². The fraction of sp³-hybridized carbons (Fsp3) is 0.375. The van der Waals surface area contributed by atoms with E-state index >= 15 is 0 Å². The molecule has 34 heavy (non-hydrogen) atoms. The van der Waals surface area contributed by atoms with Gasteiger partial charge in [0.1, 0.15) is 24.7 Å². The van der Waals surface area contributed by atoms with Crippen LogP contribution >= 0.6 is 11.8 Å². The highest BCUT2D eigenvalue weighted by molar-refractivity contribution is 7.99. The summed E-state index contributed by atoms with van der Waals surface area (Å²) in [4.78, 5) is 19.6. The first-order valence-electron chi connectivity index (χ1n) is 11.1. The number of aromatic amines is 1. The topological polar surface area (TPSA) is 98.8 Å². The molecule has 0 aliphatic carbocycles. The third-order valence-electron chi connectivity index (χ3n) is 5.98. The van der Waals surface area contributed by atoms with Gasteiger partial charge >= 0.3 is 0 Å². The number of benzene rings is 2. The summed E-state index contributed by atoms with van der Waals surface area (Å²) in [7, 11) is 3.20. The maximum atomic E-state index is 13.1. The summed E-state index contributed by atoms with van der Waals surface area (Å²) in [6.45, 7) is 1.84. The molecule has 2 aliphatic heterocycles. The average Bonchev–Trinajstić information content (AvgIpc) is 3.57. The molecule has 1 unspecified atom stereocenters. The standard InChI is InChI=1S/C24H26N4O5S/c1-30-16-6-7-17(20(13-16)31-2)23-25-24(27-26-23)34-14-22(29)28-9-3-4-18(28)15-5-8-19-21(12-15)33-11-10-32-19/h5-8,12-13,18H,3-4,9-11,14H2,1-2H3,(H,25,26,27). The van der Waals surface area contributed by atoms with Crippen molar-refractivity contribution in [3.8, 4) is 34.4 Å². The number of hydrogen-bond donors (Lipinski definition) is 1. The van der Waals surface area contributed by atoms with Crippen molar-refractivity contribution in [3.63, 3.8) is 0 Å². The summed E-state index contributed by atoms with van der Waals surface area (Å²) in [5.74, 6) is 3.73. The van der Waals surface area contributed by atoms with E-state index in [2.05, 4.69) is 15.2 Å². The van der Waals surface area contributed by atoms with Gasteiger partial charge in [0.25, 0.3) is 0 Å². The van der Waals surface area contributed by atoms with Crippen molar-refractivity contribution in [1.82, 2.24) is 20.1 Å². The number of nitrogens with one attached hydrogen (secondary N) is 1. The van der Waals surface area contributed by atoms with Crippen LogP contribution in [0, 0.1) is 0 Å². The van der Waals surface area contributed by atoms with Crippen LogP contribution in [-0.4, -0.2) is 65.7 Å². The van der Waals surface area contributed by atoms with Crippen molar-refractivity contribution < 1.29 is 23.7 Å². The minimum absolute atomic E-state index is 0.0372. The molecule has 1 amide bonds. The van der Waals surface area contributed by atoms with E-state index in [1.54, 1.807) is 20.3 Å². The number of ether oxygens (including phenoxy) is 4. The van der Waals surface area contributed by atoms with E-state index in [1.165, 1.54) is 11.8 Å². The largest absolute Gasteiger partial charge is 0.497 e. The Kier molecular flexibility index (Phi) is 6.48. The van der Waals surface area contributed by atoms with E-state index in [1.807, 2.05) is 35.2 Å². The second-order valence-electron chi connectivity index (χ2n) is 7.97. The average molecular weight is 483 g/mol. The van der Waals surface area contributed by atoms with Crippen LogP contribution in [0.5, 0.6) is 23.0 Å². The molecule has 1 saturated heterocycles. The summed E-state index contributed by atoms with van der Waals surface area (Å²) in [6.07, 6.45) is 1.90. The number of fused-ring (bicyclic) bond motifs is 1. The molecule has 3 aromatic rings. The first-order valence-corrected chi connectivity index (χ1v) is 12.1. The fourth-order valence-corrected chi connectivity index (χ4v) is 5.00. The van der Waals surface area contributed by atoms with Gasteiger partial charge in [0.05, 0.1) is 31.6 Å². The smallest absolute Gasteiger partial charge is 0.233 e. The number of carbonyl (C=O) groups excluding carboxylic acids is 1. The van der Waals surface area contributed by atoms with Gasteiger partial charge in [-0.1, -0.05) is 17.8 Å². The lowest BCUT2D eigenvalue weighted by atomic mass is 10.0. The molecule has 0 spiro atoms. The van der Waals surface area contributed by atoms with E-state index < -0.39 is 0 Å². The molecule has 1 N–H and O–H groups in total. The number of carbonyl (C=O) groups is 1. The van der Waals surface area contributed by atoms with Crippen molar-refractivity contribution in [3.05, 3.63) is 42.0 Å². The molecular formula is C24H26N4O5S. The van der Waals surface area contributed by atoms with E-state index in [4.69, 9.17) is 18.9 Å². The van der Waals surface area contributed by atoms with Gasteiger partial charge in [0.15, 0.2) is 17.3 Å². The lowest BCUT2D eigenvalue weighted by Gasteiger charge is -2.26. The zero-order valence-corrected chi connectivity index (χ0v) is 19.9. The monoisotopic (exact) mass is 482 g/mol. The van der Waals surface area contributed by atoms with Crippen LogP contribution < -0.4 is 18.9 Å². The molecule has 5 rings (SSSR count). The SMILES string of the molecule is COc1ccc(-c2nc(SCC(=O)N3CCCC3c3ccc4c(c3)OCCO4)n[nH]2)c(OC)c1. The van der Waals surface area contributed by atoms with Gasteiger partial charge in [-0.2, -0.15) is 0 Å². The number of nitrogens with zero attached hydrogens (tertiary/aromatic N) is 3. The second-order valence-corrected chi connectivity index (χ2v) is 8.91. The third kappa shape index (κ3) is 4.50. The molecule has 10 heteroatoms. The molecule has 1 fully saturated rings. The van der Waals surface area contributed by atoms with Gasteiger partial charge in [-0.05, 0) is 42.7 Å². The number of hydrogen-bond acceptors (Lipinski definition) is 8. The second kappa shape index (κ2) is 9.84.